The van der Waals surface area contributed by atoms with Crippen LogP contribution in [0.3, 0.4) is 0 Å². The van der Waals surface area contributed by atoms with Crippen molar-refractivity contribution in [1.29, 1.82) is 0 Å². The van der Waals surface area contributed by atoms with E-state index in [0.29, 0.717) is 17.1 Å². The van der Waals surface area contributed by atoms with E-state index in [4.69, 9.17) is 11.6 Å². The Labute approximate surface area is 140 Å². The molecule has 0 aromatic heterocycles. The summed E-state index contributed by atoms with van der Waals surface area (Å²) < 4.78 is 22.9. The van der Waals surface area contributed by atoms with Gasteiger partial charge in [-0.3, -0.25) is 9.59 Å². The minimum absolute atomic E-state index is 0.0466. The number of hydrogen-bond donors (Lipinski definition) is 1. The van der Waals surface area contributed by atoms with Crippen LogP contribution in [-0.2, 0) is 19.4 Å². The zero-order valence-corrected chi connectivity index (χ0v) is 14.6. The van der Waals surface area contributed by atoms with Gasteiger partial charge in [0.25, 0.3) is 0 Å². The quantitative estimate of drug-likeness (QED) is 0.879. The van der Waals surface area contributed by atoms with Gasteiger partial charge in [-0.15, -0.1) is 0 Å². The summed E-state index contributed by atoms with van der Waals surface area (Å²) in [5.74, 6) is -0.636. The summed E-state index contributed by atoms with van der Waals surface area (Å²) in [5.41, 5.74) is 1.39. The highest BCUT2D eigenvalue weighted by atomic mass is 35.5. The van der Waals surface area contributed by atoms with Crippen LogP contribution in [0.1, 0.15) is 18.9 Å². The van der Waals surface area contributed by atoms with Crippen molar-refractivity contribution >= 4 is 38.9 Å². The van der Waals surface area contributed by atoms with Gasteiger partial charge in [-0.05, 0) is 31.0 Å². The topological polar surface area (TPSA) is 83.6 Å². The summed E-state index contributed by atoms with van der Waals surface area (Å²) in [6.45, 7) is 3.02. The Kier molecular flexibility index (Phi) is 5.31. The first kappa shape index (κ1) is 17.7. The van der Waals surface area contributed by atoms with E-state index in [1.54, 1.807) is 18.2 Å². The molecule has 23 heavy (non-hydrogen) atoms. The van der Waals surface area contributed by atoms with Crippen LogP contribution in [0.4, 0.5) is 5.69 Å². The second-order valence-corrected chi connectivity index (χ2v) is 8.37. The van der Waals surface area contributed by atoms with E-state index in [1.165, 1.54) is 11.8 Å². The lowest BCUT2D eigenvalue weighted by Gasteiger charge is -2.23. The third kappa shape index (κ3) is 4.68. The number of benzene rings is 1. The molecule has 1 aliphatic rings. The molecule has 1 aliphatic heterocycles. The lowest BCUT2D eigenvalue weighted by molar-refractivity contribution is -0.123. The Balaban J connectivity index is 2.09. The minimum atomic E-state index is -3.06. The summed E-state index contributed by atoms with van der Waals surface area (Å²) in [4.78, 5) is 25.4. The number of anilines is 1. The Hall–Kier alpha value is -1.60. The van der Waals surface area contributed by atoms with Gasteiger partial charge < -0.3 is 10.2 Å². The number of nitrogens with one attached hydrogen (secondary N) is 1. The van der Waals surface area contributed by atoms with Crippen molar-refractivity contribution in [2.24, 2.45) is 0 Å². The van der Waals surface area contributed by atoms with Crippen LogP contribution in [0.5, 0.6) is 0 Å². The maximum absolute atomic E-state index is 12.2. The van der Waals surface area contributed by atoms with Gasteiger partial charge in [0.2, 0.25) is 11.8 Å². The molecule has 1 fully saturated rings. The van der Waals surface area contributed by atoms with Gasteiger partial charge in [-0.25, -0.2) is 8.42 Å². The zero-order chi connectivity index (χ0) is 17.2. The zero-order valence-electron chi connectivity index (χ0n) is 13.0. The largest absolute Gasteiger partial charge is 0.351 e. The van der Waals surface area contributed by atoms with E-state index in [-0.39, 0.29) is 35.9 Å². The molecule has 126 valence electrons. The van der Waals surface area contributed by atoms with E-state index in [0.717, 1.165) is 5.56 Å². The number of halogens is 1. The first-order chi connectivity index (χ1) is 10.7. The molecule has 1 unspecified atom stereocenters. The molecule has 6 nitrogen and oxygen atoms in total. The van der Waals surface area contributed by atoms with Crippen LogP contribution in [0.15, 0.2) is 18.2 Å². The number of carbonyl (C=O) groups excluding carboxylic acids is 2. The molecule has 1 aromatic carbocycles. The van der Waals surface area contributed by atoms with Gasteiger partial charge >= 0.3 is 0 Å². The summed E-state index contributed by atoms with van der Waals surface area (Å²) >= 11 is 5.97. The van der Waals surface area contributed by atoms with Gasteiger partial charge in [-0.2, -0.15) is 0 Å². The number of nitrogens with zero attached hydrogens (tertiary/aromatic N) is 1. The SMILES string of the molecule is CC(=O)N(CC(=O)NC1CCS(=O)(=O)C1)c1cc(Cl)ccc1C. The van der Waals surface area contributed by atoms with Crippen molar-refractivity contribution in [3.05, 3.63) is 28.8 Å². The molecule has 1 atom stereocenters. The molecule has 1 heterocycles. The normalized spacial score (nSPS) is 19.3. The fourth-order valence-corrected chi connectivity index (χ4v) is 4.40. The number of aryl methyl sites for hydroxylation is 1. The molecular weight excluding hydrogens is 340 g/mol. The predicted octanol–water partition coefficient (Wildman–Crippen LogP) is 1.30. The Morgan fingerprint density at radius 2 is 2.09 bits per heavy atom. The first-order valence-electron chi connectivity index (χ1n) is 7.22. The van der Waals surface area contributed by atoms with Gasteiger partial charge in [0.15, 0.2) is 9.84 Å². The van der Waals surface area contributed by atoms with Crippen molar-refractivity contribution in [3.63, 3.8) is 0 Å². The number of hydrogen-bond acceptors (Lipinski definition) is 4. The molecule has 0 spiro atoms. The smallest absolute Gasteiger partial charge is 0.240 e. The molecule has 0 bridgehead atoms. The standard InChI is InChI=1S/C15H19ClN2O4S/c1-10-3-4-12(16)7-14(10)18(11(2)19)8-15(20)17-13-5-6-23(21,22)9-13/h3-4,7,13H,5-6,8-9H2,1-2H3,(H,17,20). The molecule has 1 N–H and O–H groups in total. The lowest BCUT2D eigenvalue weighted by atomic mass is 10.1. The van der Waals surface area contributed by atoms with Gasteiger partial charge in [-0.1, -0.05) is 17.7 Å². The average molecular weight is 359 g/mol. The third-order valence-electron chi connectivity index (χ3n) is 3.74. The average Bonchev–Trinajstić information content (AvgIpc) is 2.78. The molecule has 1 aromatic rings. The number of sulfone groups is 1. The maximum Gasteiger partial charge on any atom is 0.240 e. The predicted molar refractivity (Wildman–Crippen MR) is 89.4 cm³/mol. The maximum atomic E-state index is 12.2. The van der Waals surface area contributed by atoms with Gasteiger partial charge in [0.1, 0.15) is 6.54 Å². The van der Waals surface area contributed by atoms with Crippen molar-refractivity contribution in [3.8, 4) is 0 Å². The molecular formula is C15H19ClN2O4S. The molecule has 2 rings (SSSR count). The van der Waals surface area contributed by atoms with Crippen molar-refractivity contribution in [2.45, 2.75) is 26.3 Å². The Morgan fingerprint density at radius 3 is 2.65 bits per heavy atom. The molecule has 0 saturated carbocycles. The van der Waals surface area contributed by atoms with Crippen LogP contribution in [-0.4, -0.2) is 44.3 Å². The summed E-state index contributed by atoms with van der Waals surface area (Å²) in [6, 6.07) is 4.73. The van der Waals surface area contributed by atoms with Crippen LogP contribution < -0.4 is 10.2 Å². The third-order valence-corrected chi connectivity index (χ3v) is 5.74. The van der Waals surface area contributed by atoms with E-state index >= 15 is 0 Å². The molecule has 8 heteroatoms. The van der Waals surface area contributed by atoms with E-state index in [1.807, 2.05) is 6.92 Å². The van der Waals surface area contributed by atoms with Crippen LogP contribution >= 0.6 is 11.6 Å². The van der Waals surface area contributed by atoms with Crippen molar-refractivity contribution in [2.75, 3.05) is 23.0 Å². The summed E-state index contributed by atoms with van der Waals surface area (Å²) in [6.07, 6.45) is 0.407. The fraction of sp³-hybridized carbons (Fsp3) is 0.467. The van der Waals surface area contributed by atoms with Crippen LogP contribution in [0, 0.1) is 6.92 Å². The Morgan fingerprint density at radius 1 is 1.39 bits per heavy atom. The molecule has 0 aliphatic carbocycles. The van der Waals surface area contributed by atoms with Crippen LogP contribution in [0.25, 0.3) is 0 Å². The van der Waals surface area contributed by atoms with Crippen LogP contribution in [0.2, 0.25) is 5.02 Å². The van der Waals surface area contributed by atoms with E-state index < -0.39 is 9.84 Å². The summed E-state index contributed by atoms with van der Waals surface area (Å²) in [7, 11) is -3.06. The second kappa shape index (κ2) is 6.88. The van der Waals surface area contributed by atoms with Gasteiger partial charge in [0.05, 0.1) is 11.5 Å². The summed E-state index contributed by atoms with van der Waals surface area (Å²) in [5, 5.41) is 3.15. The van der Waals surface area contributed by atoms with Crippen molar-refractivity contribution in [1.82, 2.24) is 5.32 Å². The first-order valence-corrected chi connectivity index (χ1v) is 9.42. The van der Waals surface area contributed by atoms with E-state index in [9.17, 15) is 18.0 Å². The molecule has 2 amide bonds. The van der Waals surface area contributed by atoms with Crippen molar-refractivity contribution < 1.29 is 18.0 Å². The number of amides is 2. The highest BCUT2D eigenvalue weighted by Crippen LogP contribution is 2.24. The van der Waals surface area contributed by atoms with E-state index in [2.05, 4.69) is 5.32 Å². The van der Waals surface area contributed by atoms with Gasteiger partial charge in [0, 0.05) is 23.7 Å². The number of rotatable bonds is 4. The minimum Gasteiger partial charge on any atom is -0.351 e. The molecule has 0 radical (unpaired) electrons. The lowest BCUT2D eigenvalue weighted by Crippen LogP contribution is -2.44. The fourth-order valence-electron chi connectivity index (χ4n) is 2.57. The monoisotopic (exact) mass is 358 g/mol. The second-order valence-electron chi connectivity index (χ2n) is 5.70. The highest BCUT2D eigenvalue weighted by molar-refractivity contribution is 7.91. The molecule has 1 saturated heterocycles. The highest BCUT2D eigenvalue weighted by Gasteiger charge is 2.29. The number of carbonyl (C=O) groups is 2. The Bertz CT molecular complexity index is 733.